The maximum Gasteiger partial charge on any atom is 0.352 e. The Hall–Kier alpha value is -1.96. The normalized spacial score (nSPS) is 10.6. The summed E-state index contributed by atoms with van der Waals surface area (Å²) in [5.74, 6) is 0.0618. The van der Waals surface area contributed by atoms with E-state index in [-0.39, 0.29) is 17.3 Å². The van der Waals surface area contributed by atoms with Crippen molar-refractivity contribution >= 4 is 17.3 Å². The van der Waals surface area contributed by atoms with Crippen molar-refractivity contribution in [1.82, 2.24) is 9.97 Å². The van der Waals surface area contributed by atoms with E-state index in [1.54, 1.807) is 0 Å². The molecule has 1 aromatic rings. The minimum atomic E-state index is -0.568. The van der Waals surface area contributed by atoms with Crippen LogP contribution in [0.4, 0.5) is 17.3 Å². The number of nitrogen functional groups attached to an aromatic ring is 1. The number of nitro groups is 1. The number of anilines is 2. The van der Waals surface area contributed by atoms with Gasteiger partial charge in [-0.15, -0.1) is 0 Å². The average molecular weight is 255 g/mol. The number of likely N-dealkylation sites (N-methyl/N-ethyl adjacent to an activating group) is 1. The highest BCUT2D eigenvalue weighted by molar-refractivity contribution is 5.67. The van der Waals surface area contributed by atoms with Gasteiger partial charge in [0.15, 0.2) is 0 Å². The molecule has 0 amide bonds. The van der Waals surface area contributed by atoms with Crippen molar-refractivity contribution in [3.63, 3.8) is 0 Å². The van der Waals surface area contributed by atoms with E-state index in [0.29, 0.717) is 6.54 Å². The Bertz CT molecular complexity index is 407. The smallest absolute Gasteiger partial charge is 0.352 e. The zero-order valence-corrected chi connectivity index (χ0v) is 10.6. The van der Waals surface area contributed by atoms with Crippen LogP contribution in [0.3, 0.4) is 0 Å². The van der Waals surface area contributed by atoms with Gasteiger partial charge in [-0.05, 0) is 13.8 Å². The quantitative estimate of drug-likeness (QED) is 0.439. The number of hydrogen-bond donors (Lipinski definition) is 3. The van der Waals surface area contributed by atoms with Crippen LogP contribution in [0.25, 0.3) is 0 Å². The summed E-state index contributed by atoms with van der Waals surface area (Å²) in [4.78, 5) is 19.2. The number of rotatable bonds is 7. The van der Waals surface area contributed by atoms with Crippen LogP contribution < -0.4 is 16.0 Å². The van der Waals surface area contributed by atoms with Crippen molar-refractivity contribution in [3.05, 3.63) is 16.4 Å². The summed E-state index contributed by atoms with van der Waals surface area (Å²) in [7, 11) is 0. The molecular weight excluding hydrogens is 236 g/mol. The summed E-state index contributed by atoms with van der Waals surface area (Å²) in [5.41, 5.74) is 5.21. The Morgan fingerprint density at radius 2 is 2.11 bits per heavy atom. The van der Waals surface area contributed by atoms with Crippen LogP contribution in [-0.4, -0.2) is 41.1 Å². The molecule has 18 heavy (non-hydrogen) atoms. The first-order valence-electron chi connectivity index (χ1n) is 5.92. The van der Waals surface area contributed by atoms with Gasteiger partial charge in [-0.3, -0.25) is 10.1 Å². The zero-order valence-electron chi connectivity index (χ0n) is 10.6. The number of nitrogens with two attached hydrogens (primary N) is 1. The molecule has 0 saturated carbocycles. The molecule has 0 aliphatic heterocycles. The standard InChI is InChI=1S/C10H18N6O2/c1-3-15(4-2)6-5-12-10-8(16(17)18)9(11)13-7-14-10/h7H,3-6H2,1-2H3,(H3,11,12,13,14)/p+1. The molecule has 1 heterocycles. The molecule has 0 saturated heterocycles. The average Bonchev–Trinajstić information content (AvgIpc) is 2.34. The van der Waals surface area contributed by atoms with Gasteiger partial charge in [-0.2, -0.15) is 0 Å². The highest BCUT2D eigenvalue weighted by Crippen LogP contribution is 2.25. The first-order valence-corrected chi connectivity index (χ1v) is 5.92. The predicted octanol–water partition coefficient (Wildman–Crippen LogP) is -0.696. The Morgan fingerprint density at radius 3 is 2.67 bits per heavy atom. The molecule has 1 aromatic heterocycles. The maximum atomic E-state index is 10.9. The number of aromatic nitrogens is 2. The first kappa shape index (κ1) is 14.1. The molecule has 8 heteroatoms. The van der Waals surface area contributed by atoms with E-state index < -0.39 is 4.92 Å². The lowest BCUT2D eigenvalue weighted by Crippen LogP contribution is -3.12. The molecule has 0 aliphatic carbocycles. The second-order valence-electron chi connectivity index (χ2n) is 3.85. The van der Waals surface area contributed by atoms with E-state index in [2.05, 4.69) is 29.1 Å². The molecule has 4 N–H and O–H groups in total. The van der Waals surface area contributed by atoms with Gasteiger partial charge in [0.1, 0.15) is 6.33 Å². The van der Waals surface area contributed by atoms with Crippen molar-refractivity contribution in [3.8, 4) is 0 Å². The van der Waals surface area contributed by atoms with Crippen LogP contribution in [-0.2, 0) is 0 Å². The first-order chi connectivity index (χ1) is 8.60. The minimum absolute atomic E-state index is 0.118. The summed E-state index contributed by atoms with van der Waals surface area (Å²) in [5, 5.41) is 13.8. The van der Waals surface area contributed by atoms with Gasteiger partial charge < -0.3 is 16.0 Å². The van der Waals surface area contributed by atoms with Crippen LogP contribution in [0.1, 0.15) is 13.8 Å². The van der Waals surface area contributed by atoms with Crippen LogP contribution in [0.15, 0.2) is 6.33 Å². The van der Waals surface area contributed by atoms with Gasteiger partial charge in [0, 0.05) is 0 Å². The number of hydrogen-bond acceptors (Lipinski definition) is 6. The predicted molar refractivity (Wildman–Crippen MR) is 68.5 cm³/mol. The van der Waals surface area contributed by atoms with Crippen molar-refractivity contribution in [2.45, 2.75) is 13.8 Å². The van der Waals surface area contributed by atoms with E-state index in [4.69, 9.17) is 5.73 Å². The van der Waals surface area contributed by atoms with Gasteiger partial charge in [-0.25, -0.2) is 9.97 Å². The fourth-order valence-electron chi connectivity index (χ4n) is 1.66. The number of quaternary nitrogens is 1. The molecule has 8 nitrogen and oxygen atoms in total. The highest BCUT2D eigenvalue weighted by atomic mass is 16.6. The zero-order chi connectivity index (χ0) is 13.5. The van der Waals surface area contributed by atoms with Crippen LogP contribution in [0, 0.1) is 10.1 Å². The van der Waals surface area contributed by atoms with Gasteiger partial charge in [0.05, 0.1) is 31.1 Å². The second kappa shape index (κ2) is 6.70. The molecule has 0 atom stereocenters. The molecule has 0 unspecified atom stereocenters. The SMILES string of the molecule is CC[NH+](CC)CCNc1ncnc(N)c1[N+](=O)[O-]. The van der Waals surface area contributed by atoms with Crippen LogP contribution in [0.2, 0.25) is 0 Å². The number of nitrogens with zero attached hydrogens (tertiary/aromatic N) is 3. The maximum absolute atomic E-state index is 10.9. The van der Waals surface area contributed by atoms with E-state index in [1.165, 1.54) is 11.2 Å². The molecule has 0 aliphatic rings. The molecule has 0 spiro atoms. The third-order valence-electron chi connectivity index (χ3n) is 2.80. The molecular formula is C10H19N6O2+. The monoisotopic (exact) mass is 255 g/mol. The topological polar surface area (TPSA) is 111 Å². The Kier molecular flexibility index (Phi) is 5.25. The fourth-order valence-corrected chi connectivity index (χ4v) is 1.66. The molecule has 1 rings (SSSR count). The van der Waals surface area contributed by atoms with Crippen molar-refractivity contribution in [1.29, 1.82) is 0 Å². The summed E-state index contributed by atoms with van der Waals surface area (Å²) in [6.45, 7) is 7.72. The van der Waals surface area contributed by atoms with Gasteiger partial charge >= 0.3 is 5.69 Å². The second-order valence-corrected chi connectivity index (χ2v) is 3.85. The van der Waals surface area contributed by atoms with Crippen molar-refractivity contribution < 1.29 is 9.82 Å². The molecule has 0 bridgehead atoms. The van der Waals surface area contributed by atoms with Crippen LogP contribution >= 0.6 is 0 Å². The Balaban J connectivity index is 2.67. The Labute approximate surface area is 105 Å². The molecule has 100 valence electrons. The highest BCUT2D eigenvalue weighted by Gasteiger charge is 2.20. The summed E-state index contributed by atoms with van der Waals surface area (Å²) >= 11 is 0. The van der Waals surface area contributed by atoms with Gasteiger partial charge in [0.2, 0.25) is 11.6 Å². The minimum Gasteiger partial charge on any atom is -0.378 e. The van der Waals surface area contributed by atoms with E-state index >= 15 is 0 Å². The Morgan fingerprint density at radius 1 is 1.44 bits per heavy atom. The van der Waals surface area contributed by atoms with E-state index in [1.807, 2.05) is 0 Å². The van der Waals surface area contributed by atoms with Gasteiger partial charge in [-0.1, -0.05) is 0 Å². The largest absolute Gasteiger partial charge is 0.378 e. The third kappa shape index (κ3) is 3.52. The molecule has 0 radical (unpaired) electrons. The van der Waals surface area contributed by atoms with Crippen molar-refractivity contribution in [2.75, 3.05) is 37.2 Å². The molecule has 0 fully saturated rings. The van der Waals surface area contributed by atoms with E-state index in [9.17, 15) is 10.1 Å². The summed E-state index contributed by atoms with van der Waals surface area (Å²) in [6.07, 6.45) is 1.22. The van der Waals surface area contributed by atoms with E-state index in [0.717, 1.165) is 19.6 Å². The lowest BCUT2D eigenvalue weighted by atomic mass is 10.4. The van der Waals surface area contributed by atoms with Gasteiger partial charge in [0.25, 0.3) is 0 Å². The van der Waals surface area contributed by atoms with Crippen molar-refractivity contribution in [2.24, 2.45) is 0 Å². The summed E-state index contributed by atoms with van der Waals surface area (Å²) < 4.78 is 0. The summed E-state index contributed by atoms with van der Waals surface area (Å²) in [6, 6.07) is 0. The lowest BCUT2D eigenvalue weighted by Gasteiger charge is -2.15. The fraction of sp³-hybridized carbons (Fsp3) is 0.600. The molecule has 0 aromatic carbocycles. The number of nitrogens with one attached hydrogen (secondary N) is 2. The third-order valence-corrected chi connectivity index (χ3v) is 2.80. The lowest BCUT2D eigenvalue weighted by molar-refractivity contribution is -0.894. The van der Waals surface area contributed by atoms with Crippen LogP contribution in [0.5, 0.6) is 0 Å².